The number of non-ortho nitro benzene ring substituents is 1. The fourth-order valence-electron chi connectivity index (χ4n) is 1.33. The van der Waals surface area contributed by atoms with Crippen LogP contribution in [-0.2, 0) is 0 Å². The minimum atomic E-state index is -0.575. The Bertz CT molecular complexity index is 523. The largest absolute Gasteiger partial charge is 0.349 e. The Labute approximate surface area is 109 Å². The summed E-state index contributed by atoms with van der Waals surface area (Å²) < 4.78 is 0. The van der Waals surface area contributed by atoms with Gasteiger partial charge >= 0.3 is 0 Å². The van der Waals surface area contributed by atoms with E-state index in [0.29, 0.717) is 6.42 Å². The SMILES string of the molecule is C#CCC(C)NC(=O)c1ccc([N+](=O)[O-])cc1Cl. The first-order valence-electron chi connectivity index (χ1n) is 5.14. The first-order chi connectivity index (χ1) is 8.45. The lowest BCUT2D eigenvalue weighted by Crippen LogP contribution is -2.32. The van der Waals surface area contributed by atoms with E-state index in [0.717, 1.165) is 6.07 Å². The lowest BCUT2D eigenvalue weighted by Gasteiger charge is -2.11. The van der Waals surface area contributed by atoms with Gasteiger partial charge in [-0.1, -0.05) is 11.6 Å². The van der Waals surface area contributed by atoms with Crippen LogP contribution in [0, 0.1) is 22.5 Å². The number of nitro benzene ring substituents is 1. The van der Waals surface area contributed by atoms with Gasteiger partial charge in [-0.25, -0.2) is 0 Å². The molecular weight excluding hydrogens is 256 g/mol. The van der Waals surface area contributed by atoms with E-state index < -0.39 is 10.8 Å². The van der Waals surface area contributed by atoms with Crippen LogP contribution in [0.1, 0.15) is 23.7 Å². The molecule has 0 aliphatic heterocycles. The predicted molar refractivity (Wildman–Crippen MR) is 68.5 cm³/mol. The lowest BCUT2D eigenvalue weighted by atomic mass is 10.1. The Hall–Kier alpha value is -2.06. The highest BCUT2D eigenvalue weighted by Gasteiger charge is 2.16. The molecule has 0 bridgehead atoms. The molecule has 1 atom stereocenters. The fourth-order valence-corrected chi connectivity index (χ4v) is 1.59. The van der Waals surface area contributed by atoms with Gasteiger partial charge in [-0.15, -0.1) is 12.3 Å². The molecule has 0 heterocycles. The summed E-state index contributed by atoms with van der Waals surface area (Å²) >= 11 is 5.82. The number of nitrogens with zero attached hydrogens (tertiary/aromatic N) is 1. The van der Waals surface area contributed by atoms with Crippen molar-refractivity contribution < 1.29 is 9.72 Å². The van der Waals surface area contributed by atoms with E-state index in [1.807, 2.05) is 0 Å². The molecule has 18 heavy (non-hydrogen) atoms. The van der Waals surface area contributed by atoms with Crippen molar-refractivity contribution in [3.05, 3.63) is 38.9 Å². The van der Waals surface area contributed by atoms with Crippen LogP contribution in [0.3, 0.4) is 0 Å². The molecule has 1 rings (SSSR count). The summed E-state index contributed by atoms with van der Waals surface area (Å²) in [7, 11) is 0. The van der Waals surface area contributed by atoms with Crippen LogP contribution in [-0.4, -0.2) is 16.9 Å². The van der Waals surface area contributed by atoms with E-state index in [-0.39, 0.29) is 22.3 Å². The number of nitro groups is 1. The van der Waals surface area contributed by atoms with Crippen LogP contribution in [0.2, 0.25) is 5.02 Å². The monoisotopic (exact) mass is 266 g/mol. The van der Waals surface area contributed by atoms with Crippen LogP contribution in [0.5, 0.6) is 0 Å². The normalized spacial score (nSPS) is 11.4. The Morgan fingerprint density at radius 1 is 1.67 bits per heavy atom. The summed E-state index contributed by atoms with van der Waals surface area (Å²) in [6.07, 6.45) is 5.52. The van der Waals surface area contributed by atoms with Gasteiger partial charge < -0.3 is 5.32 Å². The minimum Gasteiger partial charge on any atom is -0.349 e. The van der Waals surface area contributed by atoms with Crippen LogP contribution >= 0.6 is 11.6 Å². The molecule has 5 nitrogen and oxygen atoms in total. The molecule has 6 heteroatoms. The van der Waals surface area contributed by atoms with Crippen LogP contribution in [0.4, 0.5) is 5.69 Å². The molecule has 1 unspecified atom stereocenters. The topological polar surface area (TPSA) is 72.2 Å². The van der Waals surface area contributed by atoms with Gasteiger partial charge in [0.2, 0.25) is 0 Å². The molecule has 0 radical (unpaired) electrons. The van der Waals surface area contributed by atoms with E-state index in [2.05, 4.69) is 11.2 Å². The second-order valence-corrected chi connectivity index (χ2v) is 4.11. The van der Waals surface area contributed by atoms with Crippen molar-refractivity contribution in [2.45, 2.75) is 19.4 Å². The third kappa shape index (κ3) is 3.47. The summed E-state index contributed by atoms with van der Waals surface area (Å²) in [6, 6.07) is 3.50. The van der Waals surface area contributed by atoms with Crippen molar-refractivity contribution in [1.82, 2.24) is 5.32 Å². The molecular formula is C12H11ClN2O3. The Morgan fingerprint density at radius 2 is 2.33 bits per heavy atom. The highest BCUT2D eigenvalue weighted by atomic mass is 35.5. The average Bonchev–Trinajstić information content (AvgIpc) is 2.28. The molecule has 0 spiro atoms. The molecule has 1 N–H and O–H groups in total. The molecule has 0 saturated carbocycles. The maximum absolute atomic E-state index is 11.8. The number of carbonyl (C=O) groups excluding carboxylic acids is 1. The number of hydrogen-bond donors (Lipinski definition) is 1. The number of carbonyl (C=O) groups is 1. The molecule has 94 valence electrons. The first kappa shape index (κ1) is 14.0. The number of terminal acetylenes is 1. The average molecular weight is 267 g/mol. The summed E-state index contributed by atoms with van der Waals surface area (Å²) in [5, 5.41) is 13.2. The third-order valence-electron chi connectivity index (χ3n) is 2.21. The van der Waals surface area contributed by atoms with Crippen LogP contribution in [0.25, 0.3) is 0 Å². The van der Waals surface area contributed by atoms with Crippen LogP contribution in [0.15, 0.2) is 18.2 Å². The highest BCUT2D eigenvalue weighted by molar-refractivity contribution is 6.34. The van der Waals surface area contributed by atoms with E-state index in [1.165, 1.54) is 12.1 Å². The first-order valence-corrected chi connectivity index (χ1v) is 5.51. The standard InChI is InChI=1S/C12H11ClN2O3/c1-3-4-8(2)14-12(16)10-6-5-9(15(17)18)7-11(10)13/h1,5-8H,4H2,2H3,(H,14,16). The van der Waals surface area contributed by atoms with E-state index in [1.54, 1.807) is 6.92 Å². The van der Waals surface area contributed by atoms with Gasteiger partial charge in [0, 0.05) is 24.6 Å². The maximum Gasteiger partial charge on any atom is 0.270 e. The summed E-state index contributed by atoms with van der Waals surface area (Å²) in [5.41, 5.74) is 0.0272. The smallest absolute Gasteiger partial charge is 0.270 e. The molecule has 0 fully saturated rings. The van der Waals surface area contributed by atoms with Gasteiger partial charge in [0.25, 0.3) is 11.6 Å². The van der Waals surface area contributed by atoms with Crippen molar-refractivity contribution in [3.8, 4) is 12.3 Å². The van der Waals surface area contributed by atoms with E-state index in [9.17, 15) is 14.9 Å². The second-order valence-electron chi connectivity index (χ2n) is 3.70. The van der Waals surface area contributed by atoms with Gasteiger partial charge in [0.05, 0.1) is 15.5 Å². The van der Waals surface area contributed by atoms with Crippen molar-refractivity contribution in [2.75, 3.05) is 0 Å². The third-order valence-corrected chi connectivity index (χ3v) is 2.52. The Morgan fingerprint density at radius 3 is 2.83 bits per heavy atom. The molecule has 1 aromatic carbocycles. The predicted octanol–water partition coefficient (Wildman–Crippen LogP) is 2.39. The number of hydrogen-bond acceptors (Lipinski definition) is 3. The van der Waals surface area contributed by atoms with E-state index in [4.69, 9.17) is 18.0 Å². The van der Waals surface area contributed by atoms with Crippen molar-refractivity contribution in [1.29, 1.82) is 0 Å². The van der Waals surface area contributed by atoms with Gasteiger partial charge in [0.1, 0.15) is 0 Å². The number of halogens is 1. The van der Waals surface area contributed by atoms with Crippen LogP contribution < -0.4 is 5.32 Å². The molecule has 0 aromatic heterocycles. The fraction of sp³-hybridized carbons (Fsp3) is 0.250. The molecule has 1 aromatic rings. The maximum atomic E-state index is 11.8. The van der Waals surface area contributed by atoms with Crippen molar-refractivity contribution >= 4 is 23.2 Å². The molecule has 0 aliphatic rings. The van der Waals surface area contributed by atoms with Gasteiger partial charge in [-0.2, -0.15) is 0 Å². The number of rotatable bonds is 4. The summed E-state index contributed by atoms with van der Waals surface area (Å²) in [6.45, 7) is 1.76. The van der Waals surface area contributed by atoms with Crippen molar-refractivity contribution in [2.24, 2.45) is 0 Å². The highest BCUT2D eigenvalue weighted by Crippen LogP contribution is 2.22. The quantitative estimate of drug-likeness (QED) is 0.517. The molecule has 0 saturated heterocycles. The van der Waals surface area contributed by atoms with Crippen molar-refractivity contribution in [3.63, 3.8) is 0 Å². The zero-order chi connectivity index (χ0) is 13.7. The van der Waals surface area contributed by atoms with Gasteiger partial charge in [-0.3, -0.25) is 14.9 Å². The zero-order valence-electron chi connectivity index (χ0n) is 9.64. The van der Waals surface area contributed by atoms with Gasteiger partial charge in [0.15, 0.2) is 0 Å². The minimum absolute atomic E-state index is 0.0367. The molecule has 1 amide bonds. The second kappa shape index (κ2) is 6.03. The Kier molecular flexibility index (Phi) is 4.69. The van der Waals surface area contributed by atoms with Gasteiger partial charge in [-0.05, 0) is 13.0 Å². The summed E-state index contributed by atoms with van der Waals surface area (Å²) in [5.74, 6) is 2.02. The number of benzene rings is 1. The summed E-state index contributed by atoms with van der Waals surface area (Å²) in [4.78, 5) is 21.7. The Balaban J connectivity index is 2.88. The van der Waals surface area contributed by atoms with E-state index >= 15 is 0 Å². The lowest BCUT2D eigenvalue weighted by molar-refractivity contribution is -0.384. The number of nitrogens with one attached hydrogen (secondary N) is 1. The molecule has 0 aliphatic carbocycles. The number of amides is 1. The zero-order valence-corrected chi connectivity index (χ0v) is 10.4.